The fraction of sp³-hybridized carbons (Fsp3) is 0.222. The summed E-state index contributed by atoms with van der Waals surface area (Å²) in [6, 6.07) is 6.06. The zero-order valence-corrected chi connectivity index (χ0v) is 16.8. The van der Waals surface area contributed by atoms with E-state index in [0.717, 1.165) is 5.41 Å². The van der Waals surface area contributed by atoms with Crippen LogP contribution in [0.5, 0.6) is 23.0 Å². The average molecular weight is 409 g/mol. The Morgan fingerprint density at radius 1 is 0.857 bits per heavy atom. The van der Waals surface area contributed by atoms with Crippen LogP contribution >= 0.6 is 0 Å². The number of anilines is 3. The number of nitrogens with one attached hydrogen (secondary N) is 1. The van der Waals surface area contributed by atoms with Crippen molar-refractivity contribution in [3.63, 3.8) is 0 Å². The molecule has 2 aromatic carbocycles. The first-order valence-electron chi connectivity index (χ1n) is 7.98. The van der Waals surface area contributed by atoms with Gasteiger partial charge in [0.15, 0.2) is 5.75 Å². The molecule has 28 heavy (non-hydrogen) atoms. The van der Waals surface area contributed by atoms with Gasteiger partial charge in [-0.25, -0.2) is 8.42 Å². The van der Waals surface area contributed by atoms with E-state index in [4.69, 9.17) is 30.4 Å². The van der Waals surface area contributed by atoms with Gasteiger partial charge >= 0.3 is 0 Å². The van der Waals surface area contributed by atoms with Crippen LogP contribution in [0.25, 0.3) is 6.08 Å². The van der Waals surface area contributed by atoms with E-state index in [0.29, 0.717) is 22.8 Å². The average Bonchev–Trinajstić information content (AvgIpc) is 2.65. The third-order valence-electron chi connectivity index (χ3n) is 3.78. The van der Waals surface area contributed by atoms with Crippen molar-refractivity contribution in [1.82, 2.24) is 0 Å². The van der Waals surface area contributed by atoms with Crippen molar-refractivity contribution in [2.24, 2.45) is 0 Å². The molecule has 0 aliphatic carbocycles. The Kier molecular flexibility index (Phi) is 6.47. The molecular formula is C18H23N3O6S. The summed E-state index contributed by atoms with van der Waals surface area (Å²) in [5.41, 5.74) is 12.7. The fourth-order valence-electron chi connectivity index (χ4n) is 2.52. The molecule has 0 unspecified atom stereocenters. The maximum atomic E-state index is 12.5. The summed E-state index contributed by atoms with van der Waals surface area (Å²) >= 11 is 0. The number of sulfonamides is 1. The van der Waals surface area contributed by atoms with Crippen molar-refractivity contribution >= 4 is 33.2 Å². The number of nitrogens with two attached hydrogens (primary N) is 2. The van der Waals surface area contributed by atoms with E-state index >= 15 is 0 Å². The second kappa shape index (κ2) is 8.61. The molecule has 0 heterocycles. The Labute approximate surface area is 163 Å². The van der Waals surface area contributed by atoms with E-state index in [1.165, 1.54) is 46.6 Å². The lowest BCUT2D eigenvalue weighted by atomic mass is 10.1. The van der Waals surface area contributed by atoms with Crippen LogP contribution in [0.2, 0.25) is 0 Å². The first-order chi connectivity index (χ1) is 13.2. The normalized spacial score (nSPS) is 11.3. The maximum Gasteiger partial charge on any atom is 0.255 e. The van der Waals surface area contributed by atoms with Crippen molar-refractivity contribution in [1.29, 1.82) is 0 Å². The lowest BCUT2D eigenvalue weighted by molar-refractivity contribution is 0.374. The predicted molar refractivity (Wildman–Crippen MR) is 109 cm³/mol. The summed E-state index contributed by atoms with van der Waals surface area (Å²) in [6.07, 6.45) is 1.36. The second-order valence-corrected chi connectivity index (χ2v) is 7.15. The first kappa shape index (κ1) is 21.0. The quantitative estimate of drug-likeness (QED) is 0.565. The van der Waals surface area contributed by atoms with Gasteiger partial charge < -0.3 is 30.4 Å². The minimum Gasteiger partial charge on any atom is -0.496 e. The SMILES string of the molecule is COc1cc(OC)c(/C=C/S(=O)(=O)Nc2cc(N)c(OC)c(N)c2)c(OC)c1. The molecule has 0 aliphatic rings. The summed E-state index contributed by atoms with van der Waals surface area (Å²) in [5, 5.41) is 0.983. The van der Waals surface area contributed by atoms with Crippen molar-refractivity contribution in [3.05, 3.63) is 35.2 Å². The topological polar surface area (TPSA) is 135 Å². The van der Waals surface area contributed by atoms with Crippen molar-refractivity contribution < 1.29 is 27.4 Å². The third kappa shape index (κ3) is 4.71. The number of ether oxygens (including phenoxy) is 4. The van der Waals surface area contributed by atoms with Gasteiger partial charge in [-0.3, -0.25) is 4.72 Å². The standard InChI is InChI=1S/C18H23N3O6S/c1-24-12-9-16(25-2)13(17(10-12)26-3)5-6-28(22,23)21-11-7-14(19)18(27-4)15(20)8-11/h5-10,21H,19-20H2,1-4H3/b6-5+. The number of methoxy groups -OCH3 is 4. The van der Waals surface area contributed by atoms with Crippen LogP contribution in [0.3, 0.4) is 0 Å². The molecule has 9 nitrogen and oxygen atoms in total. The molecule has 0 saturated carbocycles. The monoisotopic (exact) mass is 409 g/mol. The van der Waals surface area contributed by atoms with Gasteiger partial charge in [-0.15, -0.1) is 0 Å². The number of hydrogen-bond donors (Lipinski definition) is 3. The molecular weight excluding hydrogens is 386 g/mol. The summed E-state index contributed by atoms with van der Waals surface area (Å²) in [4.78, 5) is 0. The van der Waals surface area contributed by atoms with E-state index in [2.05, 4.69) is 4.72 Å². The van der Waals surface area contributed by atoms with Gasteiger partial charge in [0, 0.05) is 12.1 Å². The van der Waals surface area contributed by atoms with Crippen LogP contribution in [-0.2, 0) is 10.0 Å². The smallest absolute Gasteiger partial charge is 0.255 e. The minimum absolute atomic E-state index is 0.203. The largest absolute Gasteiger partial charge is 0.496 e. The maximum absolute atomic E-state index is 12.5. The zero-order chi connectivity index (χ0) is 20.9. The lowest BCUT2D eigenvalue weighted by Gasteiger charge is -2.13. The minimum atomic E-state index is -3.88. The molecule has 10 heteroatoms. The van der Waals surface area contributed by atoms with Gasteiger partial charge in [-0.1, -0.05) is 0 Å². The molecule has 152 valence electrons. The molecule has 2 rings (SSSR count). The van der Waals surface area contributed by atoms with Crippen LogP contribution in [0, 0.1) is 0 Å². The molecule has 0 radical (unpaired) electrons. The molecule has 5 N–H and O–H groups in total. The van der Waals surface area contributed by atoms with Gasteiger partial charge in [0.25, 0.3) is 10.0 Å². The summed E-state index contributed by atoms with van der Waals surface area (Å²) < 4.78 is 48.1. The molecule has 2 aromatic rings. The Bertz CT molecular complexity index is 941. The van der Waals surface area contributed by atoms with Crippen LogP contribution in [0.1, 0.15) is 5.56 Å². The van der Waals surface area contributed by atoms with Crippen molar-refractivity contribution in [2.75, 3.05) is 44.6 Å². The molecule has 0 fully saturated rings. The molecule has 0 aliphatic heterocycles. The highest BCUT2D eigenvalue weighted by Crippen LogP contribution is 2.36. The molecule has 0 atom stereocenters. The molecule has 0 aromatic heterocycles. The molecule has 0 bridgehead atoms. The second-order valence-electron chi connectivity index (χ2n) is 5.58. The summed E-state index contributed by atoms with van der Waals surface area (Å²) in [5.74, 6) is 1.57. The number of nitrogen functional groups attached to an aromatic ring is 2. The van der Waals surface area contributed by atoms with Gasteiger partial charge in [-0.05, 0) is 18.2 Å². The van der Waals surface area contributed by atoms with Crippen LogP contribution in [0.4, 0.5) is 17.1 Å². The third-order valence-corrected chi connectivity index (χ3v) is 4.79. The Balaban J connectivity index is 2.36. The Morgan fingerprint density at radius 2 is 1.39 bits per heavy atom. The van der Waals surface area contributed by atoms with Crippen molar-refractivity contribution in [2.45, 2.75) is 0 Å². The van der Waals surface area contributed by atoms with E-state index < -0.39 is 10.0 Å². The van der Waals surface area contributed by atoms with Gasteiger partial charge in [0.1, 0.15) is 17.2 Å². The summed E-state index contributed by atoms with van der Waals surface area (Å²) in [7, 11) is 1.97. The van der Waals surface area contributed by atoms with E-state index in [1.807, 2.05) is 0 Å². The molecule has 0 spiro atoms. The Hall–Kier alpha value is -3.27. The zero-order valence-electron chi connectivity index (χ0n) is 16.0. The number of benzene rings is 2. The fourth-order valence-corrected chi connectivity index (χ4v) is 3.35. The highest BCUT2D eigenvalue weighted by atomic mass is 32.2. The van der Waals surface area contributed by atoms with Crippen LogP contribution < -0.4 is 35.1 Å². The van der Waals surface area contributed by atoms with Gasteiger partial charge in [0.05, 0.1) is 56.5 Å². The number of rotatable bonds is 8. The van der Waals surface area contributed by atoms with Crippen molar-refractivity contribution in [3.8, 4) is 23.0 Å². The van der Waals surface area contributed by atoms with Gasteiger partial charge in [-0.2, -0.15) is 0 Å². The van der Waals surface area contributed by atoms with Crippen LogP contribution in [-0.4, -0.2) is 36.9 Å². The predicted octanol–water partition coefficient (Wildman–Crippen LogP) is 2.30. The summed E-state index contributed by atoms with van der Waals surface area (Å²) in [6.45, 7) is 0. The van der Waals surface area contributed by atoms with Crippen LogP contribution in [0.15, 0.2) is 29.7 Å². The lowest BCUT2D eigenvalue weighted by Crippen LogP contribution is -2.10. The van der Waals surface area contributed by atoms with E-state index in [9.17, 15) is 8.42 Å². The van der Waals surface area contributed by atoms with E-state index in [-0.39, 0.29) is 22.8 Å². The molecule has 0 saturated heterocycles. The Morgan fingerprint density at radius 3 is 1.82 bits per heavy atom. The van der Waals surface area contributed by atoms with E-state index in [1.54, 1.807) is 12.1 Å². The highest BCUT2D eigenvalue weighted by Gasteiger charge is 2.14. The first-order valence-corrected chi connectivity index (χ1v) is 9.53. The molecule has 0 amide bonds. The highest BCUT2D eigenvalue weighted by molar-refractivity contribution is 7.95. The van der Waals surface area contributed by atoms with Gasteiger partial charge in [0.2, 0.25) is 0 Å². The number of hydrogen-bond acceptors (Lipinski definition) is 8.